The first-order valence-electron chi connectivity index (χ1n) is 12.2. The van der Waals surface area contributed by atoms with Gasteiger partial charge in [0.2, 0.25) is 0 Å². The molecule has 0 atom stereocenters. The summed E-state index contributed by atoms with van der Waals surface area (Å²) in [7, 11) is 1.62. The van der Waals surface area contributed by atoms with Gasteiger partial charge < -0.3 is 13.9 Å². The molecule has 1 heterocycles. The van der Waals surface area contributed by atoms with Crippen LogP contribution in [0.3, 0.4) is 0 Å². The molecule has 2 aromatic carbocycles. The van der Waals surface area contributed by atoms with Gasteiger partial charge in [0.1, 0.15) is 22.9 Å². The van der Waals surface area contributed by atoms with E-state index in [0.29, 0.717) is 47.6 Å². The molecule has 0 spiro atoms. The summed E-state index contributed by atoms with van der Waals surface area (Å²) in [5, 5.41) is 0. The summed E-state index contributed by atoms with van der Waals surface area (Å²) >= 11 is 0. The van der Waals surface area contributed by atoms with E-state index in [1.165, 1.54) is 0 Å². The number of hydrogen-bond acceptors (Lipinski definition) is 5. The third-order valence-electron chi connectivity index (χ3n) is 5.59. The number of amides is 1. The lowest BCUT2D eigenvalue weighted by Crippen LogP contribution is -2.23. The molecule has 0 aliphatic rings. The van der Waals surface area contributed by atoms with E-state index in [2.05, 4.69) is 4.99 Å². The number of esters is 1. The molecule has 3 rings (SSSR count). The highest BCUT2D eigenvalue weighted by Gasteiger charge is 2.25. The fraction of sp³-hybridized carbons (Fsp3) is 0.367. The van der Waals surface area contributed by atoms with Crippen LogP contribution in [0.15, 0.2) is 64.0 Å². The van der Waals surface area contributed by atoms with Crippen molar-refractivity contribution in [1.82, 2.24) is 0 Å². The van der Waals surface area contributed by atoms with E-state index in [1.807, 2.05) is 82.3 Å². The molecule has 0 N–H and O–H groups in total. The summed E-state index contributed by atoms with van der Waals surface area (Å²) in [5.74, 6) is 1.33. The van der Waals surface area contributed by atoms with Gasteiger partial charge in [0.15, 0.2) is 0 Å². The minimum Gasteiger partial charge on any atom is -0.497 e. The molecule has 0 radical (unpaired) electrons. The molecule has 1 amide bonds. The van der Waals surface area contributed by atoms with Crippen LogP contribution in [0.4, 0.5) is 0 Å². The van der Waals surface area contributed by atoms with Gasteiger partial charge in [0.25, 0.3) is 5.91 Å². The summed E-state index contributed by atoms with van der Waals surface area (Å²) in [6, 6.07) is 17.3. The average Bonchev–Trinajstić information content (AvgIpc) is 3.18. The summed E-state index contributed by atoms with van der Waals surface area (Å²) in [6.07, 6.45) is 2.39. The molecular formula is C30H35NO5. The Bertz CT molecular complexity index is 1210. The van der Waals surface area contributed by atoms with Gasteiger partial charge in [0.05, 0.1) is 12.7 Å². The fourth-order valence-corrected chi connectivity index (χ4v) is 3.96. The van der Waals surface area contributed by atoms with Gasteiger partial charge in [0, 0.05) is 23.3 Å². The zero-order chi connectivity index (χ0) is 26.3. The number of aliphatic imine (C=N–C) groups is 1. The van der Waals surface area contributed by atoms with Crippen molar-refractivity contribution in [2.45, 2.75) is 65.9 Å². The maximum absolute atomic E-state index is 13.4. The number of ether oxygens (including phenoxy) is 2. The maximum atomic E-state index is 13.4. The smallest absolute Gasteiger partial charge is 0.306 e. The highest BCUT2D eigenvalue weighted by molar-refractivity contribution is 6.10. The van der Waals surface area contributed by atoms with E-state index in [9.17, 15) is 9.59 Å². The molecule has 6 nitrogen and oxygen atoms in total. The second-order valence-electron chi connectivity index (χ2n) is 9.78. The van der Waals surface area contributed by atoms with Crippen LogP contribution in [0.25, 0.3) is 22.5 Å². The lowest BCUT2D eigenvalue weighted by atomic mass is 9.96. The molecule has 0 unspecified atom stereocenters. The molecule has 0 aliphatic heterocycles. The van der Waals surface area contributed by atoms with Crippen LogP contribution in [0.1, 0.15) is 69.5 Å². The van der Waals surface area contributed by atoms with Crippen LogP contribution in [0, 0.1) is 6.92 Å². The third-order valence-corrected chi connectivity index (χ3v) is 5.59. The molecule has 0 bridgehead atoms. The van der Waals surface area contributed by atoms with Crippen molar-refractivity contribution in [2.24, 2.45) is 4.99 Å². The van der Waals surface area contributed by atoms with Gasteiger partial charge in [-0.15, -0.1) is 0 Å². The Morgan fingerprint density at radius 3 is 2.17 bits per heavy atom. The molecule has 0 saturated carbocycles. The average molecular weight is 490 g/mol. The largest absolute Gasteiger partial charge is 0.497 e. The molecule has 36 heavy (non-hydrogen) atoms. The van der Waals surface area contributed by atoms with Gasteiger partial charge in [-0.05, 0) is 71.6 Å². The zero-order valence-electron chi connectivity index (χ0n) is 22.0. The summed E-state index contributed by atoms with van der Waals surface area (Å²) < 4.78 is 16.8. The van der Waals surface area contributed by atoms with Crippen molar-refractivity contribution in [2.75, 3.05) is 7.11 Å². The van der Waals surface area contributed by atoms with E-state index in [-0.39, 0.29) is 11.9 Å². The van der Waals surface area contributed by atoms with Crippen LogP contribution in [-0.4, -0.2) is 30.3 Å². The third kappa shape index (κ3) is 7.17. The number of carbonyl (C=O) groups is 2. The van der Waals surface area contributed by atoms with Crippen molar-refractivity contribution in [1.29, 1.82) is 0 Å². The quantitative estimate of drug-likeness (QED) is 0.177. The van der Waals surface area contributed by atoms with E-state index in [0.717, 1.165) is 23.3 Å². The number of methoxy groups -OCH3 is 1. The van der Waals surface area contributed by atoms with Gasteiger partial charge in [-0.25, -0.2) is 4.99 Å². The van der Waals surface area contributed by atoms with Crippen LogP contribution in [0.2, 0.25) is 0 Å². The minimum atomic E-state index is -0.483. The Labute approximate surface area is 213 Å². The normalized spacial score (nSPS) is 11.9. The van der Waals surface area contributed by atoms with Crippen LogP contribution in [0.5, 0.6) is 5.75 Å². The van der Waals surface area contributed by atoms with Crippen molar-refractivity contribution < 1.29 is 23.5 Å². The molecule has 190 valence electrons. The first-order valence-corrected chi connectivity index (χ1v) is 12.2. The second-order valence-corrected chi connectivity index (χ2v) is 9.78. The zero-order valence-corrected chi connectivity index (χ0v) is 22.0. The van der Waals surface area contributed by atoms with E-state index in [4.69, 9.17) is 13.9 Å². The number of hydrogen-bond donors (Lipinski definition) is 0. The minimum absolute atomic E-state index is 0.209. The maximum Gasteiger partial charge on any atom is 0.306 e. The molecule has 3 aromatic rings. The first-order chi connectivity index (χ1) is 17.1. The number of furan rings is 1. The predicted octanol–water partition coefficient (Wildman–Crippen LogP) is 7.43. The summed E-state index contributed by atoms with van der Waals surface area (Å²) in [6.45, 7) is 9.20. The number of benzene rings is 2. The van der Waals surface area contributed by atoms with Gasteiger partial charge >= 0.3 is 5.97 Å². The van der Waals surface area contributed by atoms with Crippen molar-refractivity contribution in [3.8, 4) is 28.2 Å². The van der Waals surface area contributed by atoms with E-state index in [1.54, 1.807) is 14.0 Å². The summed E-state index contributed by atoms with van der Waals surface area (Å²) in [4.78, 5) is 29.7. The first kappa shape index (κ1) is 26.9. The van der Waals surface area contributed by atoms with E-state index >= 15 is 0 Å². The summed E-state index contributed by atoms with van der Waals surface area (Å²) in [5.41, 5.74) is 3.13. The van der Waals surface area contributed by atoms with Gasteiger partial charge in [-0.1, -0.05) is 42.5 Å². The monoisotopic (exact) mass is 489 g/mol. The number of rotatable bonds is 9. The Balaban J connectivity index is 1.83. The fourth-order valence-electron chi connectivity index (χ4n) is 3.96. The lowest BCUT2D eigenvalue weighted by molar-refractivity contribution is -0.154. The second kappa shape index (κ2) is 11.8. The number of unbranched alkanes of at least 4 members (excludes halogenated alkanes) is 1. The van der Waals surface area contributed by atoms with Crippen LogP contribution < -0.4 is 4.74 Å². The van der Waals surface area contributed by atoms with Gasteiger partial charge in [-0.3, -0.25) is 9.59 Å². The molecule has 0 fully saturated rings. The Morgan fingerprint density at radius 2 is 1.56 bits per heavy atom. The Morgan fingerprint density at radius 1 is 0.917 bits per heavy atom. The molecule has 0 aliphatic carbocycles. The number of carbonyl (C=O) groups excluding carboxylic acids is 2. The number of aryl methyl sites for hydroxylation is 1. The van der Waals surface area contributed by atoms with Crippen molar-refractivity contribution in [3.63, 3.8) is 0 Å². The predicted molar refractivity (Wildman–Crippen MR) is 143 cm³/mol. The van der Waals surface area contributed by atoms with Crippen LogP contribution in [-0.2, 0) is 9.53 Å². The van der Waals surface area contributed by atoms with Gasteiger partial charge in [-0.2, -0.15) is 0 Å². The number of nitrogens with zero attached hydrogens (tertiary/aromatic N) is 1. The topological polar surface area (TPSA) is 78.1 Å². The Kier molecular flexibility index (Phi) is 8.86. The SMILES string of the molecule is COc1ccc(-c2c(-c3ccccc3)oc(C)c2C(=O)N=C(C)CCCCC(=O)OC(C)(C)C)cc1. The highest BCUT2D eigenvalue weighted by atomic mass is 16.6. The van der Waals surface area contributed by atoms with Crippen LogP contribution >= 0.6 is 0 Å². The molecular weight excluding hydrogens is 454 g/mol. The van der Waals surface area contributed by atoms with E-state index < -0.39 is 5.60 Å². The molecule has 1 aromatic heterocycles. The van der Waals surface area contributed by atoms with Crippen molar-refractivity contribution in [3.05, 3.63) is 65.9 Å². The highest BCUT2D eigenvalue weighted by Crippen LogP contribution is 2.40. The standard InChI is InChI=1S/C30H35NO5/c1-20(12-10-11-15-25(32)36-30(3,4)5)31-29(33)26-21(2)35-28(23-13-8-7-9-14-23)27(26)22-16-18-24(34-6)19-17-22/h7-9,13-14,16-19H,10-12,15H2,1-6H3. The lowest BCUT2D eigenvalue weighted by Gasteiger charge is -2.19. The molecule has 6 heteroatoms. The Hall–Kier alpha value is -3.67. The molecule has 0 saturated heterocycles. The van der Waals surface area contributed by atoms with Crippen molar-refractivity contribution >= 4 is 17.6 Å².